The van der Waals surface area contributed by atoms with E-state index in [9.17, 15) is 0 Å². The summed E-state index contributed by atoms with van der Waals surface area (Å²) >= 11 is 0. The number of hydrogen-bond donors (Lipinski definition) is 1. The van der Waals surface area contributed by atoms with Gasteiger partial charge in [-0.15, -0.1) is 0 Å². The summed E-state index contributed by atoms with van der Waals surface area (Å²) in [4.78, 5) is 0. The van der Waals surface area contributed by atoms with Crippen LogP contribution in [-0.4, -0.2) is 6.54 Å². The zero-order valence-electron chi connectivity index (χ0n) is 11.2. The number of nitrogens with one attached hydrogen (secondary N) is 1. The van der Waals surface area contributed by atoms with Gasteiger partial charge in [0.25, 0.3) is 0 Å². The van der Waals surface area contributed by atoms with Crippen LogP contribution in [0.4, 0.5) is 0 Å². The van der Waals surface area contributed by atoms with Crippen molar-refractivity contribution in [1.82, 2.24) is 5.32 Å². The highest BCUT2D eigenvalue weighted by Crippen LogP contribution is 2.35. The minimum Gasteiger partial charge on any atom is -0.468 e. The van der Waals surface area contributed by atoms with E-state index in [1.807, 2.05) is 6.07 Å². The normalized spacial score (nSPS) is 21.3. The van der Waals surface area contributed by atoms with Crippen molar-refractivity contribution in [3.63, 3.8) is 0 Å². The highest BCUT2D eigenvalue weighted by molar-refractivity contribution is 5.04. The van der Waals surface area contributed by atoms with Crippen LogP contribution in [0.25, 0.3) is 0 Å². The lowest BCUT2D eigenvalue weighted by Crippen LogP contribution is -2.35. The van der Waals surface area contributed by atoms with Crippen molar-refractivity contribution in [2.24, 2.45) is 5.41 Å². The second-order valence-corrected chi connectivity index (χ2v) is 5.73. The Morgan fingerprint density at radius 2 is 2.12 bits per heavy atom. The first-order valence-corrected chi connectivity index (χ1v) is 7.00. The summed E-state index contributed by atoms with van der Waals surface area (Å²) in [6, 6.07) is 4.43. The van der Waals surface area contributed by atoms with E-state index in [0.29, 0.717) is 11.5 Å². The van der Waals surface area contributed by atoms with E-state index in [-0.39, 0.29) is 0 Å². The van der Waals surface area contributed by atoms with Crippen LogP contribution < -0.4 is 5.32 Å². The molecule has 17 heavy (non-hydrogen) atoms. The molecule has 0 saturated heterocycles. The SMILES string of the molecule is CCC(NCC1(C)CCCCC1)c1ccco1. The van der Waals surface area contributed by atoms with Gasteiger partial charge in [-0.2, -0.15) is 0 Å². The van der Waals surface area contributed by atoms with Crippen LogP contribution in [0.1, 0.15) is 64.2 Å². The molecule has 1 aromatic rings. The van der Waals surface area contributed by atoms with Crippen molar-refractivity contribution in [2.75, 3.05) is 6.54 Å². The molecule has 0 aliphatic heterocycles. The lowest BCUT2D eigenvalue weighted by molar-refractivity contribution is 0.196. The molecule has 1 atom stereocenters. The van der Waals surface area contributed by atoms with Gasteiger partial charge in [0.2, 0.25) is 0 Å². The third kappa shape index (κ3) is 3.35. The Labute approximate surface area is 105 Å². The minimum atomic E-state index is 0.378. The summed E-state index contributed by atoms with van der Waals surface area (Å²) in [6.45, 7) is 5.75. The molecule has 1 fully saturated rings. The molecular weight excluding hydrogens is 210 g/mol. The van der Waals surface area contributed by atoms with Gasteiger partial charge in [0, 0.05) is 6.54 Å². The highest BCUT2D eigenvalue weighted by atomic mass is 16.3. The van der Waals surface area contributed by atoms with Gasteiger partial charge in [0.05, 0.1) is 12.3 Å². The first kappa shape index (κ1) is 12.7. The topological polar surface area (TPSA) is 25.2 Å². The van der Waals surface area contributed by atoms with Crippen molar-refractivity contribution in [3.8, 4) is 0 Å². The summed E-state index contributed by atoms with van der Waals surface area (Å²) < 4.78 is 5.50. The van der Waals surface area contributed by atoms with Crippen LogP contribution in [0.3, 0.4) is 0 Å². The lowest BCUT2D eigenvalue weighted by Gasteiger charge is -2.35. The van der Waals surface area contributed by atoms with E-state index in [0.717, 1.165) is 18.7 Å². The van der Waals surface area contributed by atoms with Crippen LogP contribution in [-0.2, 0) is 0 Å². The van der Waals surface area contributed by atoms with Crippen molar-refractivity contribution < 1.29 is 4.42 Å². The maximum atomic E-state index is 5.50. The molecule has 0 amide bonds. The maximum Gasteiger partial charge on any atom is 0.120 e. The smallest absolute Gasteiger partial charge is 0.120 e. The summed E-state index contributed by atoms with van der Waals surface area (Å²) in [5.41, 5.74) is 0.498. The molecule has 1 N–H and O–H groups in total. The quantitative estimate of drug-likeness (QED) is 0.823. The molecule has 2 nitrogen and oxygen atoms in total. The van der Waals surface area contributed by atoms with Crippen LogP contribution in [0.5, 0.6) is 0 Å². The second kappa shape index (κ2) is 5.72. The van der Waals surface area contributed by atoms with Crippen LogP contribution in [0.15, 0.2) is 22.8 Å². The molecule has 2 heteroatoms. The van der Waals surface area contributed by atoms with Gasteiger partial charge in [-0.1, -0.05) is 33.1 Å². The third-order valence-electron chi connectivity index (χ3n) is 4.13. The number of hydrogen-bond acceptors (Lipinski definition) is 2. The van der Waals surface area contributed by atoms with E-state index in [4.69, 9.17) is 4.42 Å². The Morgan fingerprint density at radius 3 is 2.71 bits per heavy atom. The third-order valence-corrected chi connectivity index (χ3v) is 4.13. The molecule has 0 radical (unpaired) electrons. The fourth-order valence-electron chi connectivity index (χ4n) is 2.89. The van der Waals surface area contributed by atoms with Crippen LogP contribution in [0.2, 0.25) is 0 Å². The Kier molecular flexibility index (Phi) is 4.27. The van der Waals surface area contributed by atoms with E-state index in [1.165, 1.54) is 32.1 Å². The lowest BCUT2D eigenvalue weighted by atomic mass is 9.75. The van der Waals surface area contributed by atoms with Crippen molar-refractivity contribution in [1.29, 1.82) is 0 Å². The maximum absolute atomic E-state index is 5.50. The van der Waals surface area contributed by atoms with Gasteiger partial charge in [0.1, 0.15) is 5.76 Å². The molecular formula is C15H25NO. The molecule has 1 unspecified atom stereocenters. The molecule has 1 saturated carbocycles. The van der Waals surface area contributed by atoms with Gasteiger partial charge < -0.3 is 9.73 Å². The zero-order valence-corrected chi connectivity index (χ0v) is 11.2. The molecule has 1 aromatic heterocycles. The Hall–Kier alpha value is -0.760. The fourth-order valence-corrected chi connectivity index (χ4v) is 2.89. The monoisotopic (exact) mass is 235 g/mol. The first-order chi connectivity index (χ1) is 8.23. The molecule has 0 bridgehead atoms. The van der Waals surface area contributed by atoms with E-state index >= 15 is 0 Å². The van der Waals surface area contributed by atoms with Crippen molar-refractivity contribution in [3.05, 3.63) is 24.2 Å². The average molecular weight is 235 g/mol. The zero-order chi connectivity index (χ0) is 12.1. The van der Waals surface area contributed by atoms with E-state index in [1.54, 1.807) is 6.26 Å². The predicted octanol–water partition coefficient (Wildman–Crippen LogP) is 4.29. The van der Waals surface area contributed by atoms with E-state index in [2.05, 4.69) is 25.2 Å². The van der Waals surface area contributed by atoms with E-state index < -0.39 is 0 Å². The Balaban J connectivity index is 1.87. The van der Waals surface area contributed by atoms with Gasteiger partial charge in [-0.25, -0.2) is 0 Å². The van der Waals surface area contributed by atoms with Gasteiger partial charge in [0.15, 0.2) is 0 Å². The van der Waals surface area contributed by atoms with Crippen molar-refractivity contribution in [2.45, 2.75) is 58.4 Å². The number of furan rings is 1. The Bertz CT molecular complexity index is 312. The molecule has 2 rings (SSSR count). The molecule has 0 aromatic carbocycles. The summed E-state index contributed by atoms with van der Waals surface area (Å²) in [6.07, 6.45) is 9.81. The molecule has 1 heterocycles. The minimum absolute atomic E-state index is 0.378. The second-order valence-electron chi connectivity index (χ2n) is 5.73. The molecule has 1 aliphatic carbocycles. The Morgan fingerprint density at radius 1 is 1.35 bits per heavy atom. The van der Waals surface area contributed by atoms with Crippen molar-refractivity contribution >= 4 is 0 Å². The number of rotatable bonds is 5. The first-order valence-electron chi connectivity index (χ1n) is 7.00. The summed E-state index contributed by atoms with van der Waals surface area (Å²) in [7, 11) is 0. The molecule has 0 spiro atoms. The summed E-state index contributed by atoms with van der Waals surface area (Å²) in [5.74, 6) is 1.08. The predicted molar refractivity (Wildman–Crippen MR) is 70.9 cm³/mol. The van der Waals surface area contributed by atoms with Gasteiger partial charge in [-0.05, 0) is 36.8 Å². The van der Waals surface area contributed by atoms with Gasteiger partial charge in [-0.3, -0.25) is 0 Å². The molecule has 96 valence electrons. The van der Waals surface area contributed by atoms with Crippen LogP contribution in [0, 0.1) is 5.41 Å². The van der Waals surface area contributed by atoms with Crippen LogP contribution >= 0.6 is 0 Å². The standard InChI is InChI=1S/C15H25NO/c1-3-13(14-8-7-11-17-14)16-12-15(2)9-5-4-6-10-15/h7-8,11,13,16H,3-6,9-10,12H2,1-2H3. The van der Waals surface area contributed by atoms with Gasteiger partial charge >= 0.3 is 0 Å². The highest BCUT2D eigenvalue weighted by Gasteiger charge is 2.27. The fraction of sp³-hybridized carbons (Fsp3) is 0.733. The average Bonchev–Trinajstić information content (AvgIpc) is 2.84. The molecule has 1 aliphatic rings. The summed E-state index contributed by atoms with van der Waals surface area (Å²) in [5, 5.41) is 3.69. The largest absolute Gasteiger partial charge is 0.468 e.